The van der Waals surface area contributed by atoms with Gasteiger partial charge in [0, 0.05) is 11.3 Å². The third-order valence-electron chi connectivity index (χ3n) is 3.94. The zero-order valence-corrected chi connectivity index (χ0v) is 11.5. The van der Waals surface area contributed by atoms with Gasteiger partial charge in [0.15, 0.2) is 0 Å². The first-order valence-electron chi connectivity index (χ1n) is 6.95. The van der Waals surface area contributed by atoms with Crippen molar-refractivity contribution >= 4 is 5.97 Å². The fourth-order valence-electron chi connectivity index (χ4n) is 2.80. The molecule has 0 amide bonds. The second-order valence-electron chi connectivity index (χ2n) is 5.38. The highest BCUT2D eigenvalue weighted by Crippen LogP contribution is 2.32. The summed E-state index contributed by atoms with van der Waals surface area (Å²) in [4.78, 5) is 16.0. The summed E-state index contributed by atoms with van der Waals surface area (Å²) in [5.41, 5.74) is 5.06. The van der Waals surface area contributed by atoms with Crippen LogP contribution in [0.25, 0.3) is 11.3 Å². The molecule has 1 aromatic heterocycles. The zero-order valence-electron chi connectivity index (χ0n) is 11.5. The fourth-order valence-corrected chi connectivity index (χ4v) is 2.80. The largest absolute Gasteiger partial charge is 0.481 e. The van der Waals surface area contributed by atoms with Crippen LogP contribution in [0.4, 0.5) is 0 Å². The standard InChI is InChI=1S/C17H17NO2/c1-11-5-7-12(8-6-11)15-10-9-13-14(17(19)20)3-2-4-16(13)18-15/h5-10,14H,2-4H2,1H3,(H,19,20). The Kier molecular flexibility index (Phi) is 3.26. The SMILES string of the molecule is Cc1ccc(-c2ccc3c(n2)CCCC3C(=O)O)cc1. The number of rotatable bonds is 2. The number of hydrogen-bond acceptors (Lipinski definition) is 2. The Labute approximate surface area is 118 Å². The molecule has 3 nitrogen and oxygen atoms in total. The van der Waals surface area contributed by atoms with Crippen molar-refractivity contribution in [1.29, 1.82) is 0 Å². The Hall–Kier alpha value is -2.16. The van der Waals surface area contributed by atoms with Gasteiger partial charge in [-0.2, -0.15) is 0 Å². The third kappa shape index (κ3) is 2.31. The van der Waals surface area contributed by atoms with Crippen LogP contribution in [0, 0.1) is 6.92 Å². The van der Waals surface area contributed by atoms with E-state index in [1.54, 1.807) is 0 Å². The number of aliphatic carboxylic acids is 1. The Balaban J connectivity index is 2.01. The molecule has 1 N–H and O–H groups in total. The second kappa shape index (κ2) is 5.08. The molecule has 1 unspecified atom stereocenters. The molecule has 102 valence electrons. The molecule has 1 aliphatic rings. The summed E-state index contributed by atoms with van der Waals surface area (Å²) in [7, 11) is 0. The molecule has 1 aromatic carbocycles. The third-order valence-corrected chi connectivity index (χ3v) is 3.94. The average molecular weight is 267 g/mol. The van der Waals surface area contributed by atoms with Crippen molar-refractivity contribution in [1.82, 2.24) is 4.98 Å². The molecule has 0 aliphatic heterocycles. The highest BCUT2D eigenvalue weighted by atomic mass is 16.4. The minimum Gasteiger partial charge on any atom is -0.481 e. The van der Waals surface area contributed by atoms with Crippen molar-refractivity contribution in [3.63, 3.8) is 0 Å². The molecule has 3 rings (SSSR count). The number of carbonyl (C=O) groups is 1. The molecular weight excluding hydrogens is 250 g/mol. The van der Waals surface area contributed by atoms with Gasteiger partial charge in [-0.1, -0.05) is 35.9 Å². The molecule has 1 heterocycles. The van der Waals surface area contributed by atoms with E-state index in [2.05, 4.69) is 36.2 Å². The van der Waals surface area contributed by atoms with E-state index in [0.717, 1.165) is 35.4 Å². The first-order chi connectivity index (χ1) is 9.65. The summed E-state index contributed by atoms with van der Waals surface area (Å²) >= 11 is 0. The van der Waals surface area contributed by atoms with Gasteiger partial charge >= 0.3 is 5.97 Å². The van der Waals surface area contributed by atoms with Gasteiger partial charge in [-0.05, 0) is 37.8 Å². The number of aryl methyl sites for hydroxylation is 2. The van der Waals surface area contributed by atoms with Crippen LogP contribution in [-0.4, -0.2) is 16.1 Å². The van der Waals surface area contributed by atoms with Crippen molar-refractivity contribution in [2.45, 2.75) is 32.1 Å². The van der Waals surface area contributed by atoms with Crippen LogP contribution in [0.3, 0.4) is 0 Å². The molecule has 2 aromatic rings. The van der Waals surface area contributed by atoms with E-state index >= 15 is 0 Å². The van der Waals surface area contributed by atoms with Crippen LogP contribution in [0.5, 0.6) is 0 Å². The zero-order chi connectivity index (χ0) is 14.1. The monoisotopic (exact) mass is 267 g/mol. The summed E-state index contributed by atoms with van der Waals surface area (Å²) in [6.07, 6.45) is 2.49. The van der Waals surface area contributed by atoms with E-state index in [4.69, 9.17) is 0 Å². The summed E-state index contributed by atoms with van der Waals surface area (Å²) in [6, 6.07) is 12.1. The Morgan fingerprint density at radius 2 is 1.95 bits per heavy atom. The van der Waals surface area contributed by atoms with Crippen LogP contribution in [0.1, 0.15) is 35.6 Å². The predicted octanol–water partition coefficient (Wildman–Crippen LogP) is 3.56. The number of fused-ring (bicyclic) bond motifs is 1. The Bertz CT molecular complexity index is 647. The van der Waals surface area contributed by atoms with Gasteiger partial charge in [-0.3, -0.25) is 9.78 Å². The molecule has 0 radical (unpaired) electrons. The van der Waals surface area contributed by atoms with E-state index in [9.17, 15) is 9.90 Å². The molecule has 0 bridgehead atoms. The highest BCUT2D eigenvalue weighted by molar-refractivity contribution is 5.77. The smallest absolute Gasteiger partial charge is 0.311 e. The summed E-state index contributed by atoms with van der Waals surface area (Å²) in [5.74, 6) is -1.13. The minimum atomic E-state index is -0.740. The highest BCUT2D eigenvalue weighted by Gasteiger charge is 2.27. The molecule has 0 saturated carbocycles. The van der Waals surface area contributed by atoms with E-state index in [0.29, 0.717) is 6.42 Å². The number of hydrogen-bond donors (Lipinski definition) is 1. The number of nitrogens with zero attached hydrogens (tertiary/aromatic N) is 1. The lowest BCUT2D eigenvalue weighted by atomic mass is 9.85. The summed E-state index contributed by atoms with van der Waals surface area (Å²) in [5, 5.41) is 9.27. The van der Waals surface area contributed by atoms with Gasteiger partial charge < -0.3 is 5.11 Å². The van der Waals surface area contributed by atoms with Crippen LogP contribution >= 0.6 is 0 Å². The summed E-state index contributed by atoms with van der Waals surface area (Å²) in [6.45, 7) is 2.06. The van der Waals surface area contributed by atoms with E-state index in [-0.39, 0.29) is 0 Å². The maximum absolute atomic E-state index is 11.3. The normalized spacial score (nSPS) is 17.6. The van der Waals surface area contributed by atoms with Crippen LogP contribution in [0.15, 0.2) is 36.4 Å². The predicted molar refractivity (Wildman–Crippen MR) is 77.7 cm³/mol. The molecule has 1 atom stereocenters. The molecule has 3 heteroatoms. The van der Waals surface area contributed by atoms with Crippen molar-refractivity contribution in [2.24, 2.45) is 0 Å². The quantitative estimate of drug-likeness (QED) is 0.905. The second-order valence-corrected chi connectivity index (χ2v) is 5.38. The maximum Gasteiger partial charge on any atom is 0.311 e. The Morgan fingerprint density at radius 3 is 2.65 bits per heavy atom. The van der Waals surface area contributed by atoms with Crippen LogP contribution in [0.2, 0.25) is 0 Å². The van der Waals surface area contributed by atoms with Crippen LogP contribution in [-0.2, 0) is 11.2 Å². The van der Waals surface area contributed by atoms with Crippen molar-refractivity contribution in [3.05, 3.63) is 53.2 Å². The van der Waals surface area contributed by atoms with Crippen molar-refractivity contribution in [2.75, 3.05) is 0 Å². The average Bonchev–Trinajstić information content (AvgIpc) is 2.46. The number of carboxylic acid groups (broad SMARTS) is 1. The van der Waals surface area contributed by atoms with Gasteiger partial charge in [-0.25, -0.2) is 0 Å². The molecule has 0 spiro atoms. The maximum atomic E-state index is 11.3. The van der Waals surface area contributed by atoms with E-state index < -0.39 is 11.9 Å². The first-order valence-corrected chi connectivity index (χ1v) is 6.95. The molecular formula is C17H17NO2. The van der Waals surface area contributed by atoms with Gasteiger partial charge in [0.1, 0.15) is 0 Å². The lowest BCUT2D eigenvalue weighted by Crippen LogP contribution is -2.19. The number of pyridine rings is 1. The van der Waals surface area contributed by atoms with Gasteiger partial charge in [0.05, 0.1) is 11.6 Å². The van der Waals surface area contributed by atoms with Crippen molar-refractivity contribution < 1.29 is 9.90 Å². The molecule has 0 fully saturated rings. The number of aromatic nitrogens is 1. The topological polar surface area (TPSA) is 50.2 Å². The van der Waals surface area contributed by atoms with Gasteiger partial charge in [0.25, 0.3) is 0 Å². The summed E-state index contributed by atoms with van der Waals surface area (Å²) < 4.78 is 0. The molecule has 1 aliphatic carbocycles. The van der Waals surface area contributed by atoms with Crippen molar-refractivity contribution in [3.8, 4) is 11.3 Å². The van der Waals surface area contributed by atoms with Gasteiger partial charge in [0.2, 0.25) is 0 Å². The van der Waals surface area contributed by atoms with E-state index in [1.165, 1.54) is 5.56 Å². The van der Waals surface area contributed by atoms with Crippen LogP contribution < -0.4 is 0 Å². The lowest BCUT2D eigenvalue weighted by molar-refractivity contribution is -0.139. The molecule has 0 saturated heterocycles. The fraction of sp³-hybridized carbons (Fsp3) is 0.294. The Morgan fingerprint density at radius 1 is 1.20 bits per heavy atom. The molecule has 20 heavy (non-hydrogen) atoms. The lowest BCUT2D eigenvalue weighted by Gasteiger charge is -2.22. The number of benzene rings is 1. The van der Waals surface area contributed by atoms with Gasteiger partial charge in [-0.15, -0.1) is 0 Å². The minimum absolute atomic E-state index is 0.390. The van der Waals surface area contributed by atoms with E-state index in [1.807, 2.05) is 12.1 Å². The number of carboxylic acids is 1. The first kappa shape index (κ1) is 12.9.